The third-order valence-corrected chi connectivity index (χ3v) is 3.90. The van der Waals surface area contributed by atoms with Crippen molar-refractivity contribution in [2.75, 3.05) is 20.3 Å². The molecule has 1 N–H and O–H groups in total. The van der Waals surface area contributed by atoms with Gasteiger partial charge in [-0.15, -0.1) is 0 Å². The van der Waals surface area contributed by atoms with Gasteiger partial charge in [0.05, 0.1) is 6.61 Å². The first-order valence-electron chi connectivity index (χ1n) is 7.17. The van der Waals surface area contributed by atoms with E-state index in [-0.39, 0.29) is 5.76 Å². The van der Waals surface area contributed by atoms with E-state index in [4.69, 9.17) is 9.15 Å². The van der Waals surface area contributed by atoms with Crippen LogP contribution in [0.15, 0.2) is 28.7 Å². The molecule has 0 spiro atoms. The molecule has 0 radical (unpaired) electrons. The number of benzene rings is 1. The number of carboxylic acids is 1. The Balaban J connectivity index is 1.93. The van der Waals surface area contributed by atoms with Crippen LogP contribution >= 0.6 is 0 Å². The molecule has 2 aromatic rings. The van der Waals surface area contributed by atoms with Gasteiger partial charge in [-0.25, -0.2) is 4.79 Å². The molecule has 0 atom stereocenters. The topological polar surface area (TPSA) is 62.9 Å². The molecule has 1 saturated carbocycles. The molecule has 1 heterocycles. The molecule has 21 heavy (non-hydrogen) atoms. The third-order valence-electron chi connectivity index (χ3n) is 3.90. The summed E-state index contributed by atoms with van der Waals surface area (Å²) in [5.41, 5.74) is 1.40. The molecule has 0 unspecified atom stereocenters. The van der Waals surface area contributed by atoms with Crippen LogP contribution in [0.25, 0.3) is 11.0 Å². The number of carbonyl (C=O) groups is 1. The van der Waals surface area contributed by atoms with Crippen LogP contribution in [0.3, 0.4) is 0 Å². The highest BCUT2D eigenvalue weighted by Crippen LogP contribution is 2.32. The lowest BCUT2D eigenvalue weighted by Gasteiger charge is -2.21. The van der Waals surface area contributed by atoms with Crippen molar-refractivity contribution in [2.24, 2.45) is 0 Å². The van der Waals surface area contributed by atoms with Gasteiger partial charge in [0.25, 0.3) is 0 Å². The SMILES string of the molecule is COCCN(Cc1c(C(=O)O)oc2ccccc12)C1CC1. The summed E-state index contributed by atoms with van der Waals surface area (Å²) in [5, 5.41) is 10.3. The van der Waals surface area contributed by atoms with Crippen LogP contribution in [0.5, 0.6) is 0 Å². The van der Waals surface area contributed by atoms with E-state index in [1.807, 2.05) is 24.3 Å². The average molecular weight is 289 g/mol. The number of hydrogen-bond acceptors (Lipinski definition) is 4. The van der Waals surface area contributed by atoms with Gasteiger partial charge in [0.2, 0.25) is 5.76 Å². The molecule has 0 aliphatic heterocycles. The van der Waals surface area contributed by atoms with Crippen molar-refractivity contribution in [3.63, 3.8) is 0 Å². The number of furan rings is 1. The largest absolute Gasteiger partial charge is 0.475 e. The Hall–Kier alpha value is -1.85. The van der Waals surface area contributed by atoms with Gasteiger partial charge in [0.15, 0.2) is 0 Å². The number of ether oxygens (including phenoxy) is 1. The van der Waals surface area contributed by atoms with E-state index in [0.29, 0.717) is 24.8 Å². The normalized spacial score (nSPS) is 15.0. The first-order valence-corrected chi connectivity index (χ1v) is 7.17. The molecule has 112 valence electrons. The molecule has 5 nitrogen and oxygen atoms in total. The third kappa shape index (κ3) is 2.94. The summed E-state index contributed by atoms with van der Waals surface area (Å²) in [5.74, 6) is -0.956. The molecule has 0 saturated heterocycles. The van der Waals surface area contributed by atoms with Gasteiger partial charge < -0.3 is 14.3 Å². The van der Waals surface area contributed by atoms with E-state index in [1.165, 1.54) is 12.8 Å². The zero-order valence-corrected chi connectivity index (χ0v) is 12.0. The minimum absolute atomic E-state index is 0.0549. The molecule has 1 aromatic heterocycles. The van der Waals surface area contributed by atoms with E-state index in [2.05, 4.69) is 4.90 Å². The van der Waals surface area contributed by atoms with Crippen LogP contribution in [0, 0.1) is 0 Å². The molecule has 1 aliphatic rings. The lowest BCUT2D eigenvalue weighted by atomic mass is 10.1. The number of methoxy groups -OCH3 is 1. The van der Waals surface area contributed by atoms with E-state index in [0.717, 1.165) is 17.5 Å². The Bertz CT molecular complexity index is 645. The summed E-state index contributed by atoms with van der Waals surface area (Å²) < 4.78 is 10.7. The molecule has 1 aliphatic carbocycles. The first kappa shape index (κ1) is 14.1. The first-order chi connectivity index (χ1) is 10.2. The molecule has 1 aromatic carbocycles. The molecule has 0 amide bonds. The van der Waals surface area contributed by atoms with Crippen molar-refractivity contribution in [2.45, 2.75) is 25.4 Å². The van der Waals surface area contributed by atoms with E-state index >= 15 is 0 Å². The summed E-state index contributed by atoms with van der Waals surface area (Å²) >= 11 is 0. The van der Waals surface area contributed by atoms with Crippen molar-refractivity contribution in [1.82, 2.24) is 4.90 Å². The quantitative estimate of drug-likeness (QED) is 0.849. The van der Waals surface area contributed by atoms with Gasteiger partial charge in [-0.1, -0.05) is 18.2 Å². The van der Waals surface area contributed by atoms with Crippen LogP contribution in [0.2, 0.25) is 0 Å². The molecule has 1 fully saturated rings. The smallest absolute Gasteiger partial charge is 0.372 e. The fourth-order valence-electron chi connectivity index (χ4n) is 2.67. The van der Waals surface area contributed by atoms with Crippen molar-refractivity contribution in [1.29, 1.82) is 0 Å². The van der Waals surface area contributed by atoms with Gasteiger partial charge in [0, 0.05) is 37.2 Å². The maximum atomic E-state index is 11.4. The fraction of sp³-hybridized carbons (Fsp3) is 0.438. The Morgan fingerprint density at radius 2 is 2.19 bits per heavy atom. The van der Waals surface area contributed by atoms with Gasteiger partial charge in [-0.3, -0.25) is 4.90 Å². The second-order valence-corrected chi connectivity index (χ2v) is 5.41. The Morgan fingerprint density at radius 3 is 2.86 bits per heavy atom. The van der Waals surface area contributed by atoms with Gasteiger partial charge in [-0.2, -0.15) is 0 Å². The predicted molar refractivity (Wildman–Crippen MR) is 78.5 cm³/mol. The molecule has 5 heteroatoms. The molecule has 0 bridgehead atoms. The zero-order chi connectivity index (χ0) is 14.8. The summed E-state index contributed by atoms with van der Waals surface area (Å²) in [6, 6.07) is 8.02. The van der Waals surface area contributed by atoms with E-state index in [9.17, 15) is 9.90 Å². The van der Waals surface area contributed by atoms with Crippen LogP contribution < -0.4 is 0 Å². The van der Waals surface area contributed by atoms with Crippen LogP contribution in [-0.2, 0) is 11.3 Å². The van der Waals surface area contributed by atoms with Gasteiger partial charge >= 0.3 is 5.97 Å². The van der Waals surface area contributed by atoms with Crippen LogP contribution in [0.1, 0.15) is 29.0 Å². The molecule has 3 rings (SSSR count). The Labute approximate surface area is 123 Å². The Kier molecular flexibility index (Phi) is 3.94. The van der Waals surface area contributed by atoms with Crippen LogP contribution in [0.4, 0.5) is 0 Å². The van der Waals surface area contributed by atoms with Gasteiger partial charge in [-0.05, 0) is 18.9 Å². The number of carboxylic acid groups (broad SMARTS) is 1. The van der Waals surface area contributed by atoms with E-state index in [1.54, 1.807) is 7.11 Å². The Morgan fingerprint density at radius 1 is 1.43 bits per heavy atom. The number of fused-ring (bicyclic) bond motifs is 1. The minimum Gasteiger partial charge on any atom is -0.475 e. The summed E-state index contributed by atoms with van der Waals surface area (Å²) in [6.45, 7) is 2.04. The maximum absolute atomic E-state index is 11.4. The highest BCUT2D eigenvalue weighted by molar-refractivity contribution is 5.95. The molecular formula is C16H19NO4. The number of rotatable bonds is 7. The fourth-order valence-corrected chi connectivity index (χ4v) is 2.67. The summed E-state index contributed by atoms with van der Waals surface area (Å²) in [7, 11) is 1.68. The lowest BCUT2D eigenvalue weighted by molar-refractivity contribution is 0.0660. The van der Waals surface area contributed by atoms with E-state index < -0.39 is 5.97 Å². The monoisotopic (exact) mass is 289 g/mol. The van der Waals surface area contributed by atoms with Crippen molar-refractivity contribution < 1.29 is 19.1 Å². The second-order valence-electron chi connectivity index (χ2n) is 5.41. The van der Waals surface area contributed by atoms with Crippen molar-refractivity contribution in [3.8, 4) is 0 Å². The highest BCUT2D eigenvalue weighted by Gasteiger charge is 2.31. The molecular weight excluding hydrogens is 270 g/mol. The minimum atomic E-state index is -1.01. The number of aromatic carboxylic acids is 1. The average Bonchev–Trinajstić information content (AvgIpc) is 3.25. The number of para-hydroxylation sites is 1. The number of hydrogen-bond donors (Lipinski definition) is 1. The zero-order valence-electron chi connectivity index (χ0n) is 12.0. The predicted octanol–water partition coefficient (Wildman–Crippen LogP) is 2.74. The number of nitrogens with zero attached hydrogens (tertiary/aromatic N) is 1. The summed E-state index contributed by atoms with van der Waals surface area (Å²) in [6.07, 6.45) is 2.34. The standard InChI is InChI=1S/C16H19NO4/c1-20-9-8-17(11-6-7-11)10-13-12-4-2-3-5-14(12)21-15(13)16(18)19/h2-5,11H,6-10H2,1H3,(H,18,19). The second kappa shape index (κ2) is 5.87. The lowest BCUT2D eigenvalue weighted by Crippen LogP contribution is -2.29. The van der Waals surface area contributed by atoms with Crippen molar-refractivity contribution >= 4 is 16.9 Å². The summed E-state index contributed by atoms with van der Waals surface area (Å²) in [4.78, 5) is 13.7. The highest BCUT2D eigenvalue weighted by atomic mass is 16.5. The van der Waals surface area contributed by atoms with Gasteiger partial charge in [0.1, 0.15) is 5.58 Å². The maximum Gasteiger partial charge on any atom is 0.372 e. The van der Waals surface area contributed by atoms with Crippen molar-refractivity contribution in [3.05, 3.63) is 35.6 Å². The van der Waals surface area contributed by atoms with Crippen LogP contribution in [-0.4, -0.2) is 42.3 Å².